The van der Waals surface area contributed by atoms with Crippen LogP contribution in [0.15, 0.2) is 24.3 Å². The molecule has 1 radical (unpaired) electrons. The fraction of sp³-hybridized carbons (Fsp3) is 0.429. The Morgan fingerprint density at radius 1 is 1.17 bits per heavy atom. The molecule has 4 heteroatoms. The molecular formula is C14H19O4. The monoisotopic (exact) mass is 251 g/mol. The molecule has 0 aliphatic carbocycles. The molecule has 1 rings (SSSR count). The number of carbonyl (C=O) groups is 1. The Hall–Kier alpha value is -1.55. The largest absolute Gasteiger partial charge is 0.491 e. The standard InChI is InChI=1S/C14H19O4/c1-5-11(4)17-18-14(15)12-6-8-13(9-7-12)16-10(2)3/h6-10H,5H2,1-4H3. The predicted molar refractivity (Wildman–Crippen MR) is 67.9 cm³/mol. The van der Waals surface area contributed by atoms with Crippen molar-refractivity contribution in [2.45, 2.75) is 40.2 Å². The molecule has 0 atom stereocenters. The van der Waals surface area contributed by atoms with E-state index in [0.29, 0.717) is 18.1 Å². The van der Waals surface area contributed by atoms with Crippen LogP contribution in [0.1, 0.15) is 44.5 Å². The highest BCUT2D eigenvalue weighted by Crippen LogP contribution is 2.15. The second-order valence-electron chi connectivity index (χ2n) is 4.20. The van der Waals surface area contributed by atoms with E-state index < -0.39 is 5.97 Å². The summed E-state index contributed by atoms with van der Waals surface area (Å²) in [5, 5.41) is 0. The quantitative estimate of drug-likeness (QED) is 0.573. The van der Waals surface area contributed by atoms with Gasteiger partial charge in [-0.3, -0.25) is 4.89 Å². The lowest BCUT2D eigenvalue weighted by Gasteiger charge is -2.10. The van der Waals surface area contributed by atoms with Crippen LogP contribution in [0.2, 0.25) is 0 Å². The van der Waals surface area contributed by atoms with Crippen LogP contribution in [0, 0.1) is 6.10 Å². The van der Waals surface area contributed by atoms with Gasteiger partial charge < -0.3 is 4.74 Å². The number of ether oxygens (including phenoxy) is 1. The molecule has 0 aliphatic rings. The van der Waals surface area contributed by atoms with Crippen molar-refractivity contribution in [2.75, 3.05) is 0 Å². The molecule has 0 N–H and O–H groups in total. The van der Waals surface area contributed by atoms with Crippen LogP contribution in [0.3, 0.4) is 0 Å². The third kappa shape index (κ3) is 4.75. The molecule has 1 aromatic rings. The summed E-state index contributed by atoms with van der Waals surface area (Å²) in [6.07, 6.45) is 1.46. The number of hydrogen-bond acceptors (Lipinski definition) is 4. The van der Waals surface area contributed by atoms with Gasteiger partial charge in [-0.05, 0) is 51.5 Å². The van der Waals surface area contributed by atoms with Gasteiger partial charge in [0.25, 0.3) is 0 Å². The Kier molecular flexibility index (Phi) is 5.65. The van der Waals surface area contributed by atoms with Crippen molar-refractivity contribution in [2.24, 2.45) is 0 Å². The molecule has 0 amide bonds. The van der Waals surface area contributed by atoms with E-state index in [1.165, 1.54) is 0 Å². The molecule has 1 aromatic carbocycles. The average Bonchev–Trinajstić information content (AvgIpc) is 2.35. The van der Waals surface area contributed by atoms with Crippen molar-refractivity contribution in [1.29, 1.82) is 0 Å². The van der Waals surface area contributed by atoms with E-state index in [0.717, 1.165) is 5.75 Å². The number of hydrogen-bond donors (Lipinski definition) is 0. The minimum atomic E-state index is -0.515. The van der Waals surface area contributed by atoms with Crippen LogP contribution in [-0.4, -0.2) is 12.1 Å². The highest BCUT2D eigenvalue weighted by atomic mass is 17.2. The molecule has 18 heavy (non-hydrogen) atoms. The van der Waals surface area contributed by atoms with E-state index in [1.807, 2.05) is 20.8 Å². The zero-order chi connectivity index (χ0) is 13.5. The summed E-state index contributed by atoms with van der Waals surface area (Å²) in [5.41, 5.74) is 0.426. The lowest BCUT2D eigenvalue weighted by molar-refractivity contribution is -0.232. The van der Waals surface area contributed by atoms with E-state index in [4.69, 9.17) is 9.62 Å². The van der Waals surface area contributed by atoms with Crippen molar-refractivity contribution in [1.82, 2.24) is 0 Å². The van der Waals surface area contributed by atoms with Gasteiger partial charge in [0.15, 0.2) is 0 Å². The third-order valence-electron chi connectivity index (χ3n) is 2.22. The Labute approximate surface area is 108 Å². The van der Waals surface area contributed by atoms with Gasteiger partial charge in [0.2, 0.25) is 0 Å². The van der Waals surface area contributed by atoms with Crippen LogP contribution >= 0.6 is 0 Å². The molecule has 0 unspecified atom stereocenters. The van der Waals surface area contributed by atoms with Crippen molar-refractivity contribution in [3.8, 4) is 5.75 Å². The number of benzene rings is 1. The maximum Gasteiger partial charge on any atom is 0.373 e. The van der Waals surface area contributed by atoms with E-state index in [2.05, 4.69) is 4.89 Å². The van der Waals surface area contributed by atoms with Gasteiger partial charge >= 0.3 is 5.97 Å². The third-order valence-corrected chi connectivity index (χ3v) is 2.22. The van der Waals surface area contributed by atoms with E-state index in [-0.39, 0.29) is 6.10 Å². The maximum atomic E-state index is 11.6. The van der Waals surface area contributed by atoms with Crippen molar-refractivity contribution in [3.05, 3.63) is 35.9 Å². The van der Waals surface area contributed by atoms with E-state index >= 15 is 0 Å². The lowest BCUT2D eigenvalue weighted by Crippen LogP contribution is -2.09. The van der Waals surface area contributed by atoms with Gasteiger partial charge in [-0.1, -0.05) is 6.92 Å². The Balaban J connectivity index is 2.53. The fourth-order valence-corrected chi connectivity index (χ4v) is 1.16. The summed E-state index contributed by atoms with van der Waals surface area (Å²) in [6, 6.07) is 6.75. The summed E-state index contributed by atoms with van der Waals surface area (Å²) in [4.78, 5) is 21.1. The molecule has 0 bridgehead atoms. The Morgan fingerprint density at radius 3 is 2.28 bits per heavy atom. The molecule has 0 spiro atoms. The first-order valence-electron chi connectivity index (χ1n) is 6.01. The van der Waals surface area contributed by atoms with Gasteiger partial charge in [-0.2, -0.15) is 4.89 Å². The SMILES string of the molecule is CC[C](C)OOC(=O)c1ccc(OC(C)C)cc1. The first-order chi connectivity index (χ1) is 8.52. The average molecular weight is 251 g/mol. The summed E-state index contributed by atoms with van der Waals surface area (Å²) >= 11 is 0. The summed E-state index contributed by atoms with van der Waals surface area (Å²) in [5.74, 6) is 0.206. The second kappa shape index (κ2) is 7.01. The molecule has 0 heterocycles. The molecule has 99 valence electrons. The number of carbonyl (C=O) groups excluding carboxylic acids is 1. The first-order valence-corrected chi connectivity index (χ1v) is 6.01. The van der Waals surface area contributed by atoms with Crippen LogP contribution in [0.4, 0.5) is 0 Å². The van der Waals surface area contributed by atoms with Gasteiger partial charge in [-0.25, -0.2) is 4.79 Å². The minimum absolute atomic E-state index is 0.105. The zero-order valence-corrected chi connectivity index (χ0v) is 11.2. The van der Waals surface area contributed by atoms with Crippen LogP contribution in [0.25, 0.3) is 0 Å². The fourth-order valence-electron chi connectivity index (χ4n) is 1.16. The van der Waals surface area contributed by atoms with Gasteiger partial charge in [-0.15, -0.1) is 0 Å². The van der Waals surface area contributed by atoms with Crippen molar-refractivity contribution >= 4 is 5.97 Å². The summed E-state index contributed by atoms with van der Waals surface area (Å²) in [7, 11) is 0. The van der Waals surface area contributed by atoms with Gasteiger partial charge in [0.05, 0.1) is 11.7 Å². The topological polar surface area (TPSA) is 44.8 Å². The first kappa shape index (κ1) is 14.5. The zero-order valence-electron chi connectivity index (χ0n) is 11.2. The van der Waals surface area contributed by atoms with E-state index in [1.54, 1.807) is 31.2 Å². The highest BCUT2D eigenvalue weighted by molar-refractivity contribution is 5.89. The minimum Gasteiger partial charge on any atom is -0.491 e. The molecule has 4 nitrogen and oxygen atoms in total. The molecule has 0 saturated heterocycles. The van der Waals surface area contributed by atoms with Crippen LogP contribution in [-0.2, 0) is 9.78 Å². The molecule has 0 saturated carbocycles. The molecular weight excluding hydrogens is 232 g/mol. The number of rotatable bonds is 6. The Morgan fingerprint density at radius 2 is 1.78 bits per heavy atom. The normalized spacial score (nSPS) is 10.8. The van der Waals surface area contributed by atoms with Crippen molar-refractivity contribution < 1.29 is 19.3 Å². The van der Waals surface area contributed by atoms with Gasteiger partial charge in [0.1, 0.15) is 11.9 Å². The smallest absolute Gasteiger partial charge is 0.373 e. The second-order valence-corrected chi connectivity index (χ2v) is 4.20. The lowest BCUT2D eigenvalue weighted by atomic mass is 10.2. The van der Waals surface area contributed by atoms with Crippen LogP contribution < -0.4 is 4.74 Å². The predicted octanol–water partition coefficient (Wildman–Crippen LogP) is 3.52. The Bertz CT molecular complexity index is 370. The summed E-state index contributed by atoms with van der Waals surface area (Å²) in [6.45, 7) is 7.56. The van der Waals surface area contributed by atoms with E-state index in [9.17, 15) is 4.79 Å². The molecule has 0 aromatic heterocycles. The van der Waals surface area contributed by atoms with Crippen molar-refractivity contribution in [3.63, 3.8) is 0 Å². The molecule has 0 aliphatic heterocycles. The highest BCUT2D eigenvalue weighted by Gasteiger charge is 2.11. The summed E-state index contributed by atoms with van der Waals surface area (Å²) < 4.78 is 5.48. The van der Waals surface area contributed by atoms with Crippen LogP contribution in [0.5, 0.6) is 5.75 Å². The van der Waals surface area contributed by atoms with Gasteiger partial charge in [0, 0.05) is 0 Å². The molecule has 0 fully saturated rings. The maximum absolute atomic E-state index is 11.6.